The lowest BCUT2D eigenvalue weighted by atomic mass is 9.49. The molecular formula is C14H24N2O2. The molecule has 0 unspecified atom stereocenters. The molecule has 3 aliphatic carbocycles. The van der Waals surface area contributed by atoms with Gasteiger partial charge in [-0.2, -0.15) is 0 Å². The van der Waals surface area contributed by atoms with Gasteiger partial charge in [0.15, 0.2) is 0 Å². The van der Waals surface area contributed by atoms with Gasteiger partial charge in [0.05, 0.1) is 0 Å². The van der Waals surface area contributed by atoms with Crippen molar-refractivity contribution < 1.29 is 9.53 Å². The van der Waals surface area contributed by atoms with Crippen LogP contribution < -0.4 is 0 Å². The molecule has 1 heterocycles. The number of carbonyl (C=O) groups excluding carboxylic acids is 1. The summed E-state index contributed by atoms with van der Waals surface area (Å²) in [5.41, 5.74) is 0.159. The maximum Gasteiger partial charge on any atom is 0.410 e. The lowest BCUT2D eigenvalue weighted by molar-refractivity contribution is -0.154. The Hall–Kier alpha value is -0.770. The number of rotatable bonds is 1. The summed E-state index contributed by atoms with van der Waals surface area (Å²) < 4.78 is 5.42. The van der Waals surface area contributed by atoms with Crippen molar-refractivity contribution in [1.82, 2.24) is 9.80 Å². The van der Waals surface area contributed by atoms with Crippen molar-refractivity contribution in [2.45, 2.75) is 51.2 Å². The van der Waals surface area contributed by atoms with Crippen LogP contribution in [0.25, 0.3) is 0 Å². The minimum absolute atomic E-state index is 0.153. The van der Waals surface area contributed by atoms with Crippen molar-refractivity contribution in [3.63, 3.8) is 0 Å². The number of ether oxygens (including phenoxy) is 1. The first-order valence-electron chi connectivity index (χ1n) is 7.11. The maximum atomic E-state index is 11.9. The van der Waals surface area contributed by atoms with Crippen molar-refractivity contribution in [3.05, 3.63) is 0 Å². The number of hydrogen-bond acceptors (Lipinski definition) is 3. The maximum absolute atomic E-state index is 11.9. The molecule has 0 atom stereocenters. The first kappa shape index (κ1) is 12.3. The molecule has 0 aromatic heterocycles. The third-order valence-corrected chi connectivity index (χ3v) is 4.61. The lowest BCUT2D eigenvalue weighted by Gasteiger charge is -2.67. The largest absolute Gasteiger partial charge is 0.444 e. The molecular weight excluding hydrogens is 228 g/mol. The molecule has 3 saturated carbocycles. The Morgan fingerprint density at radius 2 is 1.67 bits per heavy atom. The second kappa shape index (κ2) is 3.86. The average Bonchev–Trinajstić information content (AvgIpc) is 2.11. The molecule has 0 N–H and O–H groups in total. The summed E-state index contributed by atoms with van der Waals surface area (Å²) in [5, 5.41) is 0. The number of amides is 1. The first-order valence-corrected chi connectivity index (χ1v) is 7.11. The van der Waals surface area contributed by atoms with Gasteiger partial charge in [-0.3, -0.25) is 4.90 Å². The monoisotopic (exact) mass is 252 g/mol. The van der Waals surface area contributed by atoms with Gasteiger partial charge in [-0.05, 0) is 46.0 Å². The quantitative estimate of drug-likeness (QED) is 0.716. The Bertz CT molecular complexity index is 336. The molecule has 1 amide bonds. The number of hydrogen-bond donors (Lipinski definition) is 0. The summed E-state index contributed by atoms with van der Waals surface area (Å²) in [7, 11) is 0. The van der Waals surface area contributed by atoms with Crippen LogP contribution in [0.15, 0.2) is 0 Å². The van der Waals surface area contributed by atoms with E-state index < -0.39 is 0 Å². The molecule has 2 bridgehead atoms. The molecule has 102 valence electrons. The van der Waals surface area contributed by atoms with Crippen LogP contribution in [-0.2, 0) is 4.74 Å². The number of nitrogens with zero attached hydrogens (tertiary/aromatic N) is 2. The molecule has 4 nitrogen and oxygen atoms in total. The van der Waals surface area contributed by atoms with Crippen LogP contribution in [0, 0.1) is 5.92 Å². The van der Waals surface area contributed by atoms with E-state index in [1.807, 2.05) is 25.7 Å². The second-order valence-corrected chi connectivity index (χ2v) is 7.16. The molecule has 1 saturated heterocycles. The van der Waals surface area contributed by atoms with Crippen molar-refractivity contribution in [2.75, 3.05) is 26.2 Å². The van der Waals surface area contributed by atoms with Gasteiger partial charge in [-0.1, -0.05) is 0 Å². The summed E-state index contributed by atoms with van der Waals surface area (Å²) in [6.07, 6.45) is 4.05. The first-order chi connectivity index (χ1) is 8.38. The van der Waals surface area contributed by atoms with E-state index in [2.05, 4.69) is 4.90 Å². The Kier molecular flexibility index (Phi) is 2.63. The molecule has 0 radical (unpaired) electrons. The van der Waals surface area contributed by atoms with E-state index in [1.54, 1.807) is 0 Å². The smallest absolute Gasteiger partial charge is 0.410 e. The zero-order valence-electron chi connectivity index (χ0n) is 11.7. The summed E-state index contributed by atoms with van der Waals surface area (Å²) in [5.74, 6) is 1.02. The summed E-state index contributed by atoms with van der Waals surface area (Å²) in [6, 6.07) is 0. The van der Waals surface area contributed by atoms with E-state index in [-0.39, 0.29) is 11.7 Å². The summed E-state index contributed by atoms with van der Waals surface area (Å²) >= 11 is 0. The number of piperazine rings is 1. The highest BCUT2D eigenvalue weighted by molar-refractivity contribution is 5.68. The highest BCUT2D eigenvalue weighted by Crippen LogP contribution is 2.60. The molecule has 4 aliphatic rings. The van der Waals surface area contributed by atoms with E-state index >= 15 is 0 Å². The van der Waals surface area contributed by atoms with Gasteiger partial charge < -0.3 is 9.64 Å². The van der Waals surface area contributed by atoms with Gasteiger partial charge in [0, 0.05) is 31.7 Å². The minimum atomic E-state index is -0.387. The van der Waals surface area contributed by atoms with Crippen molar-refractivity contribution >= 4 is 6.09 Å². The Labute approximate surface area is 109 Å². The topological polar surface area (TPSA) is 32.8 Å². The fourth-order valence-electron chi connectivity index (χ4n) is 3.51. The van der Waals surface area contributed by atoms with Crippen LogP contribution >= 0.6 is 0 Å². The normalized spacial score (nSPS) is 35.7. The molecule has 0 aromatic rings. The van der Waals surface area contributed by atoms with Crippen LogP contribution in [0.1, 0.15) is 40.0 Å². The van der Waals surface area contributed by atoms with Crippen molar-refractivity contribution in [1.29, 1.82) is 0 Å². The Morgan fingerprint density at radius 1 is 1.11 bits per heavy atom. The zero-order valence-corrected chi connectivity index (χ0v) is 11.7. The fourth-order valence-corrected chi connectivity index (χ4v) is 3.51. The van der Waals surface area contributed by atoms with Crippen molar-refractivity contribution in [3.8, 4) is 0 Å². The third kappa shape index (κ3) is 2.00. The summed E-state index contributed by atoms with van der Waals surface area (Å²) in [4.78, 5) is 16.4. The van der Waals surface area contributed by atoms with E-state index in [1.165, 1.54) is 19.3 Å². The van der Waals surface area contributed by atoms with Gasteiger partial charge in [-0.15, -0.1) is 0 Å². The Balaban J connectivity index is 1.49. The minimum Gasteiger partial charge on any atom is -0.444 e. The molecule has 0 aromatic carbocycles. The molecule has 1 aliphatic heterocycles. The predicted molar refractivity (Wildman–Crippen MR) is 69.5 cm³/mol. The van der Waals surface area contributed by atoms with Crippen LogP contribution in [0.5, 0.6) is 0 Å². The van der Waals surface area contributed by atoms with Crippen molar-refractivity contribution in [2.24, 2.45) is 5.92 Å². The van der Waals surface area contributed by atoms with E-state index in [4.69, 9.17) is 4.74 Å². The highest BCUT2D eigenvalue weighted by atomic mass is 16.6. The second-order valence-electron chi connectivity index (χ2n) is 7.16. The van der Waals surface area contributed by atoms with Gasteiger partial charge in [-0.25, -0.2) is 4.79 Å². The lowest BCUT2D eigenvalue weighted by Crippen LogP contribution is -2.71. The van der Waals surface area contributed by atoms with E-state index in [0.29, 0.717) is 5.54 Å². The molecule has 4 rings (SSSR count). The van der Waals surface area contributed by atoms with Crippen LogP contribution in [0.3, 0.4) is 0 Å². The van der Waals surface area contributed by atoms with E-state index in [0.717, 1.165) is 32.1 Å². The van der Waals surface area contributed by atoms with Gasteiger partial charge >= 0.3 is 6.09 Å². The SMILES string of the molecule is CC(C)(C)OC(=O)N1CCN(C23CC(C2)C3)CC1. The third-order valence-electron chi connectivity index (χ3n) is 4.61. The fraction of sp³-hybridized carbons (Fsp3) is 0.929. The summed E-state index contributed by atoms with van der Waals surface area (Å²) in [6.45, 7) is 9.44. The molecule has 0 spiro atoms. The van der Waals surface area contributed by atoms with Gasteiger partial charge in [0.2, 0.25) is 0 Å². The molecule has 4 heteroatoms. The number of carbonyl (C=O) groups is 1. The molecule has 18 heavy (non-hydrogen) atoms. The van der Waals surface area contributed by atoms with Gasteiger partial charge in [0.1, 0.15) is 5.60 Å². The molecule has 4 fully saturated rings. The average molecular weight is 252 g/mol. The predicted octanol–water partition coefficient (Wildman–Crippen LogP) is 2.09. The van der Waals surface area contributed by atoms with Gasteiger partial charge in [0.25, 0.3) is 0 Å². The van der Waals surface area contributed by atoms with Crippen LogP contribution in [-0.4, -0.2) is 53.2 Å². The zero-order chi connectivity index (χ0) is 13.0. The van der Waals surface area contributed by atoms with E-state index in [9.17, 15) is 4.79 Å². The standard InChI is InChI=1S/C14H24N2O2/c1-13(2,3)18-12(17)15-4-6-16(7-5-15)14-8-11(9-14)10-14/h11H,4-10H2,1-3H3. The Morgan fingerprint density at radius 3 is 2.06 bits per heavy atom. The van der Waals surface area contributed by atoms with Crippen LogP contribution in [0.2, 0.25) is 0 Å². The van der Waals surface area contributed by atoms with Crippen LogP contribution in [0.4, 0.5) is 4.79 Å². The highest BCUT2D eigenvalue weighted by Gasteiger charge is 2.59.